The molecule has 0 fully saturated rings. The Hall–Kier alpha value is -2.84. The Morgan fingerprint density at radius 2 is 2.00 bits per heavy atom. The summed E-state index contributed by atoms with van der Waals surface area (Å²) in [7, 11) is 1.42. The molecular formula is C15H14F3N3O3. The molecule has 1 N–H and O–H groups in total. The predicted octanol–water partition coefficient (Wildman–Crippen LogP) is 2.70. The Labute approximate surface area is 135 Å². The van der Waals surface area contributed by atoms with Crippen LogP contribution in [-0.4, -0.2) is 27.8 Å². The second-order valence-electron chi connectivity index (χ2n) is 5.01. The number of nitrogens with zero attached hydrogens (tertiary/aromatic N) is 2. The van der Waals surface area contributed by atoms with E-state index in [1.807, 2.05) is 0 Å². The lowest BCUT2D eigenvalue weighted by Crippen LogP contribution is -2.14. The van der Waals surface area contributed by atoms with Crippen molar-refractivity contribution in [2.24, 2.45) is 7.05 Å². The number of halogens is 3. The number of amides is 1. The van der Waals surface area contributed by atoms with Crippen molar-refractivity contribution in [3.63, 3.8) is 0 Å². The van der Waals surface area contributed by atoms with E-state index < -0.39 is 24.5 Å². The fourth-order valence-corrected chi connectivity index (χ4v) is 1.99. The van der Waals surface area contributed by atoms with E-state index in [4.69, 9.17) is 4.74 Å². The van der Waals surface area contributed by atoms with Crippen molar-refractivity contribution in [3.05, 3.63) is 41.6 Å². The third-order valence-electron chi connectivity index (χ3n) is 2.91. The van der Waals surface area contributed by atoms with Gasteiger partial charge in [-0.3, -0.25) is 14.3 Å². The lowest BCUT2D eigenvalue weighted by molar-refractivity contribution is -0.132. The molecule has 0 radical (unpaired) electrons. The highest BCUT2D eigenvalue weighted by molar-refractivity contribution is 6.04. The molecule has 24 heavy (non-hydrogen) atoms. The first kappa shape index (κ1) is 17.5. The Bertz CT molecular complexity index is 769. The zero-order valence-electron chi connectivity index (χ0n) is 12.8. The molecule has 6 nitrogen and oxygen atoms in total. The molecule has 0 aliphatic rings. The van der Waals surface area contributed by atoms with Crippen LogP contribution in [0, 0.1) is 0 Å². The van der Waals surface area contributed by atoms with Crippen LogP contribution in [0.15, 0.2) is 30.3 Å². The topological polar surface area (TPSA) is 73.2 Å². The molecule has 2 aromatic rings. The van der Waals surface area contributed by atoms with Gasteiger partial charge in [0.2, 0.25) is 0 Å². The van der Waals surface area contributed by atoms with Gasteiger partial charge >= 0.3 is 12.1 Å². The Kier molecular flexibility index (Phi) is 4.91. The molecule has 0 spiro atoms. The van der Waals surface area contributed by atoms with Gasteiger partial charge in [-0.05, 0) is 18.2 Å². The number of anilines is 1. The van der Waals surface area contributed by atoms with Gasteiger partial charge in [-0.15, -0.1) is 0 Å². The summed E-state index contributed by atoms with van der Waals surface area (Å²) in [5.41, 5.74) is -0.0127. The number of aromatic nitrogens is 2. The van der Waals surface area contributed by atoms with Crippen LogP contribution in [-0.2, 0) is 18.3 Å². The number of nitrogens with one attached hydrogen (secondary N) is 1. The first-order valence-electron chi connectivity index (χ1n) is 6.83. The smallest absolute Gasteiger partial charge is 0.394 e. The van der Waals surface area contributed by atoms with Crippen LogP contribution >= 0.6 is 0 Å². The molecule has 1 aromatic carbocycles. The van der Waals surface area contributed by atoms with Crippen molar-refractivity contribution < 1.29 is 27.5 Å². The minimum absolute atomic E-state index is 0.122. The Balaban J connectivity index is 2.14. The van der Waals surface area contributed by atoms with Crippen LogP contribution in [0.5, 0.6) is 5.75 Å². The van der Waals surface area contributed by atoms with Crippen LogP contribution in [0.25, 0.3) is 0 Å². The molecule has 0 saturated carbocycles. The van der Waals surface area contributed by atoms with Crippen molar-refractivity contribution in [2.45, 2.75) is 19.5 Å². The van der Waals surface area contributed by atoms with Crippen LogP contribution in [0.3, 0.4) is 0 Å². The number of hydrogen-bond acceptors (Lipinski definition) is 4. The third-order valence-corrected chi connectivity index (χ3v) is 2.91. The fraction of sp³-hybridized carbons (Fsp3) is 0.267. The summed E-state index contributed by atoms with van der Waals surface area (Å²) in [4.78, 5) is 23.1. The number of aryl methyl sites for hydroxylation is 1. The van der Waals surface area contributed by atoms with E-state index in [0.29, 0.717) is 0 Å². The molecule has 9 heteroatoms. The summed E-state index contributed by atoms with van der Waals surface area (Å²) in [6.07, 6.45) is -5.56. The van der Waals surface area contributed by atoms with Crippen LogP contribution < -0.4 is 10.1 Å². The highest BCUT2D eigenvalue weighted by Crippen LogP contribution is 2.22. The number of esters is 1. The van der Waals surface area contributed by atoms with Gasteiger partial charge in [0.15, 0.2) is 0 Å². The predicted molar refractivity (Wildman–Crippen MR) is 78.7 cm³/mol. The number of alkyl halides is 3. The number of ether oxygens (including phenoxy) is 1. The molecule has 0 unspecified atom stereocenters. The second kappa shape index (κ2) is 6.73. The highest BCUT2D eigenvalue weighted by Gasteiger charge is 2.29. The first-order valence-corrected chi connectivity index (χ1v) is 6.83. The number of carbonyl (C=O) groups is 2. The van der Waals surface area contributed by atoms with Crippen molar-refractivity contribution in [1.29, 1.82) is 0 Å². The second-order valence-corrected chi connectivity index (χ2v) is 5.01. The van der Waals surface area contributed by atoms with E-state index in [1.54, 1.807) is 0 Å². The maximum absolute atomic E-state index is 12.4. The number of benzene rings is 1. The summed E-state index contributed by atoms with van der Waals surface area (Å²) in [5.74, 6) is -0.781. The van der Waals surface area contributed by atoms with Gasteiger partial charge in [-0.2, -0.15) is 18.3 Å². The molecule has 1 amide bonds. The summed E-state index contributed by atoms with van der Waals surface area (Å²) < 4.78 is 43.2. The van der Waals surface area contributed by atoms with Gasteiger partial charge in [0.05, 0.1) is 12.1 Å². The van der Waals surface area contributed by atoms with E-state index in [1.165, 1.54) is 38.2 Å². The molecule has 0 aliphatic carbocycles. The van der Waals surface area contributed by atoms with E-state index in [-0.39, 0.29) is 22.8 Å². The normalized spacial score (nSPS) is 11.2. The molecule has 0 bridgehead atoms. The molecule has 1 aromatic heterocycles. The summed E-state index contributed by atoms with van der Waals surface area (Å²) in [6.45, 7) is 1.23. The average Bonchev–Trinajstić information content (AvgIpc) is 2.75. The van der Waals surface area contributed by atoms with Crippen molar-refractivity contribution in [3.8, 4) is 5.75 Å². The zero-order chi connectivity index (χ0) is 17.9. The van der Waals surface area contributed by atoms with E-state index in [0.717, 1.165) is 10.7 Å². The molecule has 2 rings (SSSR count). The maximum Gasteiger partial charge on any atom is 0.394 e. The minimum Gasteiger partial charge on any atom is -0.427 e. The van der Waals surface area contributed by atoms with E-state index in [2.05, 4.69) is 10.4 Å². The van der Waals surface area contributed by atoms with Crippen LogP contribution in [0.2, 0.25) is 0 Å². The van der Waals surface area contributed by atoms with E-state index >= 15 is 0 Å². The van der Waals surface area contributed by atoms with Crippen molar-refractivity contribution in [2.75, 3.05) is 5.32 Å². The van der Waals surface area contributed by atoms with Crippen molar-refractivity contribution in [1.82, 2.24) is 9.78 Å². The van der Waals surface area contributed by atoms with Gasteiger partial charge in [0.25, 0.3) is 5.91 Å². The van der Waals surface area contributed by atoms with Crippen LogP contribution in [0.4, 0.5) is 19.0 Å². The lowest BCUT2D eigenvalue weighted by Gasteiger charge is -2.06. The summed E-state index contributed by atoms with van der Waals surface area (Å²) in [6, 6.07) is 7.01. The minimum atomic E-state index is -4.38. The highest BCUT2D eigenvalue weighted by atomic mass is 19.4. The monoisotopic (exact) mass is 341 g/mol. The zero-order valence-corrected chi connectivity index (χ0v) is 12.8. The van der Waals surface area contributed by atoms with Gasteiger partial charge in [0, 0.05) is 25.6 Å². The summed E-state index contributed by atoms with van der Waals surface area (Å²) in [5, 5.41) is 6.18. The SMILES string of the molecule is CC(=O)Oc1cccc(C(=O)Nc2cc(CC(F)(F)F)nn2C)c1. The summed E-state index contributed by atoms with van der Waals surface area (Å²) >= 11 is 0. The largest absolute Gasteiger partial charge is 0.427 e. The molecule has 0 aliphatic heterocycles. The lowest BCUT2D eigenvalue weighted by atomic mass is 10.2. The standard InChI is InChI=1S/C15H14F3N3O3/c1-9(22)24-12-5-3-4-10(6-12)14(23)19-13-7-11(20-21(13)2)8-15(16,17)18/h3-7H,8H2,1-2H3,(H,19,23). The van der Waals surface area contributed by atoms with Crippen molar-refractivity contribution >= 4 is 17.7 Å². The quantitative estimate of drug-likeness (QED) is 0.685. The third kappa shape index (κ3) is 4.83. The Morgan fingerprint density at radius 1 is 1.29 bits per heavy atom. The molecular weight excluding hydrogens is 327 g/mol. The van der Waals surface area contributed by atoms with E-state index in [9.17, 15) is 22.8 Å². The first-order chi connectivity index (χ1) is 11.1. The molecule has 128 valence electrons. The average molecular weight is 341 g/mol. The molecule has 1 heterocycles. The van der Waals surface area contributed by atoms with Crippen LogP contribution in [0.1, 0.15) is 23.0 Å². The number of carbonyl (C=O) groups excluding carboxylic acids is 2. The molecule has 0 atom stereocenters. The van der Waals surface area contributed by atoms with Gasteiger partial charge in [0.1, 0.15) is 11.6 Å². The van der Waals surface area contributed by atoms with Gasteiger partial charge in [-0.1, -0.05) is 6.07 Å². The number of rotatable bonds is 4. The van der Waals surface area contributed by atoms with Gasteiger partial charge in [-0.25, -0.2) is 0 Å². The number of hydrogen-bond donors (Lipinski definition) is 1. The van der Waals surface area contributed by atoms with Gasteiger partial charge < -0.3 is 10.1 Å². The Morgan fingerprint density at radius 3 is 2.62 bits per heavy atom. The molecule has 0 saturated heterocycles. The fourth-order valence-electron chi connectivity index (χ4n) is 1.99. The maximum atomic E-state index is 12.4.